The van der Waals surface area contributed by atoms with Crippen LogP contribution in [0.1, 0.15) is 36.2 Å². The maximum Gasteiger partial charge on any atom is 0.255 e. The van der Waals surface area contributed by atoms with Crippen molar-refractivity contribution < 1.29 is 18.7 Å². The van der Waals surface area contributed by atoms with E-state index in [0.29, 0.717) is 28.1 Å². The van der Waals surface area contributed by atoms with E-state index in [2.05, 4.69) is 25.7 Å². The normalized spacial score (nSPS) is 12.4. The zero-order chi connectivity index (χ0) is 23.3. The summed E-state index contributed by atoms with van der Waals surface area (Å²) in [5, 5.41) is 29.1. The first-order chi connectivity index (χ1) is 15.2. The van der Waals surface area contributed by atoms with Crippen LogP contribution >= 0.6 is 0 Å². The van der Waals surface area contributed by atoms with Crippen molar-refractivity contribution in [3.8, 4) is 11.9 Å². The molecule has 0 aliphatic rings. The van der Waals surface area contributed by atoms with Gasteiger partial charge in [0.2, 0.25) is 0 Å². The van der Waals surface area contributed by atoms with Gasteiger partial charge in [-0.15, -0.1) is 0 Å². The minimum Gasteiger partial charge on any atom is -0.387 e. The molecule has 3 N–H and O–H groups in total. The van der Waals surface area contributed by atoms with E-state index in [-0.39, 0.29) is 25.1 Å². The Kier molecular flexibility index (Phi) is 6.95. The summed E-state index contributed by atoms with van der Waals surface area (Å²) in [4.78, 5) is 21.2. The molecule has 1 unspecified atom stereocenters. The van der Waals surface area contributed by atoms with E-state index in [1.165, 1.54) is 30.9 Å². The highest BCUT2D eigenvalue weighted by Gasteiger charge is 2.27. The van der Waals surface area contributed by atoms with E-state index in [1.807, 2.05) is 6.07 Å². The number of carbonyl (C=O) groups excluding carboxylic acids is 1. The molecule has 3 aromatic heterocycles. The van der Waals surface area contributed by atoms with E-state index in [9.17, 15) is 18.7 Å². The number of alkyl halides is 2. The van der Waals surface area contributed by atoms with Gasteiger partial charge in [0.15, 0.2) is 11.5 Å². The van der Waals surface area contributed by atoms with Gasteiger partial charge in [-0.25, -0.2) is 14.4 Å². The molecule has 0 saturated carbocycles. The molecule has 1 atom stereocenters. The van der Waals surface area contributed by atoms with Crippen LogP contribution in [0.25, 0.3) is 16.9 Å². The van der Waals surface area contributed by atoms with Crippen LogP contribution in [-0.4, -0.2) is 62.3 Å². The summed E-state index contributed by atoms with van der Waals surface area (Å²) in [7, 11) is 0. The number of amides is 1. The fourth-order valence-electron chi connectivity index (χ4n) is 2.85. The van der Waals surface area contributed by atoms with E-state index >= 15 is 0 Å². The number of aliphatic hydroxyl groups is 1. The first-order valence-corrected chi connectivity index (χ1v) is 9.93. The van der Waals surface area contributed by atoms with Gasteiger partial charge in [-0.3, -0.25) is 9.18 Å². The largest absolute Gasteiger partial charge is 0.387 e. The molecule has 9 nitrogen and oxygen atoms in total. The molecule has 0 saturated heterocycles. The summed E-state index contributed by atoms with van der Waals surface area (Å²) in [6, 6.07) is 5.21. The van der Waals surface area contributed by atoms with Gasteiger partial charge in [-0.05, 0) is 26.3 Å². The van der Waals surface area contributed by atoms with Crippen molar-refractivity contribution in [3.05, 3.63) is 41.9 Å². The van der Waals surface area contributed by atoms with Crippen LogP contribution in [0.3, 0.4) is 0 Å². The van der Waals surface area contributed by atoms with Crippen LogP contribution in [0.5, 0.6) is 0 Å². The molecule has 32 heavy (non-hydrogen) atoms. The predicted octanol–water partition coefficient (Wildman–Crippen LogP) is 2.30. The van der Waals surface area contributed by atoms with Crippen molar-refractivity contribution in [2.75, 3.05) is 25.1 Å². The van der Waals surface area contributed by atoms with Gasteiger partial charge in [-0.1, -0.05) is 0 Å². The highest BCUT2D eigenvalue weighted by atomic mass is 19.1. The lowest BCUT2D eigenvalue weighted by Gasteiger charge is -2.22. The number of carbonyl (C=O) groups is 1. The molecule has 0 radical (unpaired) electrons. The van der Waals surface area contributed by atoms with E-state index in [4.69, 9.17) is 5.26 Å². The SMILES string of the molecule is CC(C)(O)C(F)CNC(=O)c1cnc(-n2ncc3cc(C#N)cnc32)cc1NCCCF. The van der Waals surface area contributed by atoms with Crippen LogP contribution in [0, 0.1) is 11.3 Å². The average molecular weight is 443 g/mol. The molecule has 3 aromatic rings. The Bertz CT molecular complexity index is 1150. The summed E-state index contributed by atoms with van der Waals surface area (Å²) >= 11 is 0. The minimum absolute atomic E-state index is 0.131. The van der Waals surface area contributed by atoms with Gasteiger partial charge in [0.1, 0.15) is 12.2 Å². The van der Waals surface area contributed by atoms with Crippen molar-refractivity contribution in [1.29, 1.82) is 5.26 Å². The Morgan fingerprint density at radius 1 is 1.31 bits per heavy atom. The molecule has 0 aromatic carbocycles. The maximum atomic E-state index is 14.0. The van der Waals surface area contributed by atoms with Crippen LogP contribution in [0.4, 0.5) is 14.5 Å². The number of aromatic nitrogens is 4. The van der Waals surface area contributed by atoms with Crippen LogP contribution < -0.4 is 10.6 Å². The zero-order valence-corrected chi connectivity index (χ0v) is 17.6. The first kappa shape index (κ1) is 23.0. The molecule has 0 fully saturated rings. The molecule has 11 heteroatoms. The third kappa shape index (κ3) is 5.15. The second kappa shape index (κ2) is 9.65. The highest BCUT2D eigenvalue weighted by Crippen LogP contribution is 2.22. The molecule has 0 bridgehead atoms. The number of nitrogens with one attached hydrogen (secondary N) is 2. The molecular weight excluding hydrogens is 420 g/mol. The van der Waals surface area contributed by atoms with E-state index < -0.39 is 24.4 Å². The van der Waals surface area contributed by atoms with Crippen molar-refractivity contribution in [3.63, 3.8) is 0 Å². The Hall–Kier alpha value is -3.65. The van der Waals surface area contributed by atoms with Crippen molar-refractivity contribution in [2.24, 2.45) is 0 Å². The summed E-state index contributed by atoms with van der Waals surface area (Å²) in [5.41, 5.74) is -0.253. The maximum absolute atomic E-state index is 14.0. The number of halogens is 2. The fourth-order valence-corrected chi connectivity index (χ4v) is 2.85. The van der Waals surface area contributed by atoms with Crippen molar-refractivity contribution in [1.82, 2.24) is 25.1 Å². The van der Waals surface area contributed by atoms with Crippen molar-refractivity contribution >= 4 is 22.6 Å². The summed E-state index contributed by atoms with van der Waals surface area (Å²) in [6.07, 6.45) is 2.82. The van der Waals surface area contributed by atoms with Crippen LogP contribution in [0.15, 0.2) is 30.7 Å². The molecule has 1 amide bonds. The van der Waals surface area contributed by atoms with Crippen LogP contribution in [0.2, 0.25) is 0 Å². The number of anilines is 1. The second-order valence-corrected chi connectivity index (χ2v) is 7.69. The lowest BCUT2D eigenvalue weighted by Crippen LogP contribution is -2.42. The molecule has 0 aliphatic carbocycles. The molecule has 3 heterocycles. The minimum atomic E-state index is -1.67. The van der Waals surface area contributed by atoms with Crippen molar-refractivity contribution in [2.45, 2.75) is 32.0 Å². The Morgan fingerprint density at radius 3 is 2.78 bits per heavy atom. The molecular formula is C21H23F2N7O2. The van der Waals surface area contributed by atoms with Gasteiger partial charge in [0.05, 0.1) is 41.8 Å². The number of hydrogen-bond donors (Lipinski definition) is 3. The van der Waals surface area contributed by atoms with Crippen LogP contribution in [-0.2, 0) is 0 Å². The number of nitrogens with zero attached hydrogens (tertiary/aromatic N) is 5. The molecule has 3 rings (SSSR count). The average Bonchev–Trinajstić information content (AvgIpc) is 3.19. The first-order valence-electron chi connectivity index (χ1n) is 9.93. The number of pyridine rings is 2. The summed E-state index contributed by atoms with van der Waals surface area (Å²) < 4.78 is 28.0. The topological polar surface area (TPSA) is 129 Å². The Morgan fingerprint density at radius 2 is 2.09 bits per heavy atom. The Labute approximate surface area is 183 Å². The number of hydrogen-bond acceptors (Lipinski definition) is 7. The number of rotatable bonds is 9. The quantitative estimate of drug-likeness (QED) is 0.433. The molecule has 0 aliphatic heterocycles. The second-order valence-electron chi connectivity index (χ2n) is 7.69. The van der Waals surface area contributed by atoms with E-state index in [1.54, 1.807) is 18.3 Å². The molecule has 0 spiro atoms. The third-order valence-electron chi connectivity index (χ3n) is 4.72. The van der Waals surface area contributed by atoms with E-state index in [0.717, 1.165) is 0 Å². The lowest BCUT2D eigenvalue weighted by molar-refractivity contribution is -0.00177. The third-order valence-corrected chi connectivity index (χ3v) is 4.72. The number of nitriles is 1. The smallest absolute Gasteiger partial charge is 0.255 e. The van der Waals surface area contributed by atoms with Gasteiger partial charge in [0.25, 0.3) is 5.91 Å². The Balaban J connectivity index is 1.91. The lowest BCUT2D eigenvalue weighted by atomic mass is 10.0. The fraction of sp³-hybridized carbons (Fsp3) is 0.381. The standard InChI is InChI=1S/C21H23F2N7O2/c1-21(2,32)17(23)12-28-20(31)15-11-26-18(7-16(15)25-5-3-4-22)30-19-14(10-29-30)6-13(8-24)9-27-19/h6-7,9-11,17,32H,3-5,12H2,1-2H3,(H,25,26)(H,28,31). The summed E-state index contributed by atoms with van der Waals surface area (Å²) in [5.74, 6) is -0.253. The van der Waals surface area contributed by atoms with Gasteiger partial charge in [0, 0.05) is 30.4 Å². The molecule has 168 valence electrons. The predicted molar refractivity (Wildman–Crippen MR) is 114 cm³/mol. The van der Waals surface area contributed by atoms with Gasteiger partial charge < -0.3 is 15.7 Å². The van der Waals surface area contributed by atoms with Gasteiger partial charge >= 0.3 is 0 Å². The monoisotopic (exact) mass is 443 g/mol. The number of fused-ring (bicyclic) bond motifs is 1. The highest BCUT2D eigenvalue weighted by molar-refractivity contribution is 5.99. The van der Waals surface area contributed by atoms with Gasteiger partial charge in [-0.2, -0.15) is 15.0 Å². The summed E-state index contributed by atoms with van der Waals surface area (Å²) in [6.45, 7) is 1.97. The zero-order valence-electron chi connectivity index (χ0n) is 17.6.